The standard InChI is InChI=1S/C19H31N/c1-4-12-19(13-5-2)17(15-18(6-3)20-19)14-16-10-8-7-9-11-16/h7-11,17-18,20H,4-6,12-15H2,1-3H3/t17-,18-/m0/s1. The molecular weight excluding hydrogens is 242 g/mol. The van der Waals surface area contributed by atoms with E-state index in [1.54, 1.807) is 0 Å². The van der Waals surface area contributed by atoms with Crippen LogP contribution in [0.4, 0.5) is 0 Å². The van der Waals surface area contributed by atoms with E-state index >= 15 is 0 Å². The number of benzene rings is 1. The Hall–Kier alpha value is -0.820. The highest BCUT2D eigenvalue weighted by Crippen LogP contribution is 2.40. The zero-order chi connectivity index (χ0) is 14.4. The molecule has 0 aromatic heterocycles. The number of hydrogen-bond donors (Lipinski definition) is 1. The molecule has 1 nitrogen and oxygen atoms in total. The molecule has 0 saturated carbocycles. The first kappa shape index (κ1) is 15.6. The highest BCUT2D eigenvalue weighted by atomic mass is 15.1. The van der Waals surface area contributed by atoms with Gasteiger partial charge in [-0.15, -0.1) is 0 Å². The zero-order valence-electron chi connectivity index (χ0n) is 13.5. The van der Waals surface area contributed by atoms with E-state index in [-0.39, 0.29) is 0 Å². The summed E-state index contributed by atoms with van der Waals surface area (Å²) in [6.07, 6.45) is 9.09. The molecule has 1 heteroatoms. The van der Waals surface area contributed by atoms with E-state index in [0.29, 0.717) is 5.54 Å². The van der Waals surface area contributed by atoms with Gasteiger partial charge in [0, 0.05) is 11.6 Å². The molecule has 20 heavy (non-hydrogen) atoms. The second-order valence-electron chi connectivity index (χ2n) is 6.53. The third kappa shape index (κ3) is 3.44. The van der Waals surface area contributed by atoms with Crippen molar-refractivity contribution in [3.8, 4) is 0 Å². The van der Waals surface area contributed by atoms with Gasteiger partial charge in [-0.1, -0.05) is 63.9 Å². The van der Waals surface area contributed by atoms with Gasteiger partial charge < -0.3 is 5.32 Å². The minimum absolute atomic E-state index is 0.389. The lowest BCUT2D eigenvalue weighted by Gasteiger charge is -2.36. The molecule has 0 unspecified atom stereocenters. The Bertz CT molecular complexity index is 378. The zero-order valence-corrected chi connectivity index (χ0v) is 13.5. The lowest BCUT2D eigenvalue weighted by molar-refractivity contribution is 0.228. The predicted molar refractivity (Wildman–Crippen MR) is 88.0 cm³/mol. The smallest absolute Gasteiger partial charge is 0.0215 e. The number of rotatable bonds is 7. The van der Waals surface area contributed by atoms with Gasteiger partial charge in [0.15, 0.2) is 0 Å². The molecule has 1 fully saturated rings. The van der Waals surface area contributed by atoms with Crippen LogP contribution >= 0.6 is 0 Å². The molecule has 0 spiro atoms. The summed E-state index contributed by atoms with van der Waals surface area (Å²) in [5, 5.41) is 4.03. The van der Waals surface area contributed by atoms with Crippen LogP contribution in [0, 0.1) is 5.92 Å². The molecule has 0 bridgehead atoms. The summed E-state index contributed by atoms with van der Waals surface area (Å²) in [4.78, 5) is 0. The van der Waals surface area contributed by atoms with Crippen LogP contribution < -0.4 is 5.32 Å². The monoisotopic (exact) mass is 273 g/mol. The van der Waals surface area contributed by atoms with E-state index < -0.39 is 0 Å². The van der Waals surface area contributed by atoms with Crippen LogP contribution in [-0.4, -0.2) is 11.6 Å². The maximum Gasteiger partial charge on any atom is 0.0215 e. The van der Waals surface area contributed by atoms with Crippen molar-refractivity contribution in [2.45, 2.75) is 77.3 Å². The first-order valence-electron chi connectivity index (χ1n) is 8.55. The Morgan fingerprint density at radius 1 is 1.05 bits per heavy atom. The minimum Gasteiger partial charge on any atom is -0.308 e. The van der Waals surface area contributed by atoms with Gasteiger partial charge in [-0.05, 0) is 43.6 Å². The first-order valence-corrected chi connectivity index (χ1v) is 8.55. The summed E-state index contributed by atoms with van der Waals surface area (Å²) in [6, 6.07) is 11.8. The molecule has 0 aliphatic carbocycles. The molecule has 0 radical (unpaired) electrons. The summed E-state index contributed by atoms with van der Waals surface area (Å²) in [5.74, 6) is 0.801. The predicted octanol–water partition coefficient (Wildman–Crippen LogP) is 4.96. The molecule has 1 heterocycles. The third-order valence-corrected chi connectivity index (χ3v) is 5.05. The third-order valence-electron chi connectivity index (χ3n) is 5.05. The molecule has 112 valence electrons. The quantitative estimate of drug-likeness (QED) is 0.740. The van der Waals surface area contributed by atoms with Gasteiger partial charge in [0.05, 0.1) is 0 Å². The van der Waals surface area contributed by atoms with Crippen molar-refractivity contribution in [3.63, 3.8) is 0 Å². The summed E-state index contributed by atoms with van der Waals surface area (Å²) in [5.41, 5.74) is 1.90. The van der Waals surface area contributed by atoms with Crippen LogP contribution in [0.1, 0.15) is 64.9 Å². The minimum atomic E-state index is 0.389. The average Bonchev–Trinajstić information content (AvgIpc) is 2.79. The summed E-state index contributed by atoms with van der Waals surface area (Å²) >= 11 is 0. The number of hydrogen-bond acceptors (Lipinski definition) is 1. The van der Waals surface area contributed by atoms with Gasteiger partial charge in [-0.25, -0.2) is 0 Å². The molecule has 0 amide bonds. The molecule has 2 rings (SSSR count). The molecule has 1 saturated heterocycles. The number of nitrogens with one attached hydrogen (secondary N) is 1. The lowest BCUT2D eigenvalue weighted by atomic mass is 9.75. The van der Waals surface area contributed by atoms with Crippen LogP contribution in [0.3, 0.4) is 0 Å². The van der Waals surface area contributed by atoms with Gasteiger partial charge in [-0.2, -0.15) is 0 Å². The second kappa shape index (κ2) is 7.26. The van der Waals surface area contributed by atoms with E-state index in [0.717, 1.165) is 12.0 Å². The van der Waals surface area contributed by atoms with Gasteiger partial charge in [0.1, 0.15) is 0 Å². The largest absolute Gasteiger partial charge is 0.308 e. The summed E-state index contributed by atoms with van der Waals surface area (Å²) in [6.45, 7) is 6.99. The first-order chi connectivity index (χ1) is 9.74. The van der Waals surface area contributed by atoms with Crippen LogP contribution in [0.15, 0.2) is 30.3 Å². The van der Waals surface area contributed by atoms with Crippen molar-refractivity contribution in [1.82, 2.24) is 5.32 Å². The molecule has 1 aliphatic heterocycles. The second-order valence-corrected chi connectivity index (χ2v) is 6.53. The maximum atomic E-state index is 4.03. The molecule has 1 aliphatic rings. The van der Waals surface area contributed by atoms with Crippen molar-refractivity contribution in [1.29, 1.82) is 0 Å². The van der Waals surface area contributed by atoms with E-state index in [9.17, 15) is 0 Å². The molecular formula is C19H31N. The fraction of sp³-hybridized carbons (Fsp3) is 0.684. The Balaban J connectivity index is 2.17. The molecule has 1 N–H and O–H groups in total. The highest BCUT2D eigenvalue weighted by molar-refractivity contribution is 5.18. The van der Waals surface area contributed by atoms with Crippen LogP contribution in [-0.2, 0) is 6.42 Å². The van der Waals surface area contributed by atoms with E-state index in [1.165, 1.54) is 50.5 Å². The Kier molecular flexibility index (Phi) is 5.65. The van der Waals surface area contributed by atoms with Crippen LogP contribution in [0.2, 0.25) is 0 Å². The Labute approximate surface area is 125 Å². The van der Waals surface area contributed by atoms with Crippen molar-refractivity contribution in [2.75, 3.05) is 0 Å². The van der Waals surface area contributed by atoms with Crippen molar-refractivity contribution in [2.24, 2.45) is 5.92 Å². The van der Waals surface area contributed by atoms with E-state index in [4.69, 9.17) is 0 Å². The van der Waals surface area contributed by atoms with Crippen LogP contribution in [0.25, 0.3) is 0 Å². The van der Waals surface area contributed by atoms with E-state index in [2.05, 4.69) is 56.4 Å². The maximum absolute atomic E-state index is 4.03. The SMILES string of the molecule is CCCC1(CCC)N[C@@H](CC)C[C@@H]1Cc1ccccc1. The van der Waals surface area contributed by atoms with Crippen molar-refractivity contribution >= 4 is 0 Å². The lowest BCUT2D eigenvalue weighted by Crippen LogP contribution is -2.47. The Morgan fingerprint density at radius 2 is 1.70 bits per heavy atom. The molecule has 1 aromatic carbocycles. The molecule has 2 atom stereocenters. The van der Waals surface area contributed by atoms with Gasteiger partial charge in [0.2, 0.25) is 0 Å². The van der Waals surface area contributed by atoms with Crippen LogP contribution in [0.5, 0.6) is 0 Å². The van der Waals surface area contributed by atoms with Gasteiger partial charge >= 0.3 is 0 Å². The van der Waals surface area contributed by atoms with Gasteiger partial charge in [0.25, 0.3) is 0 Å². The molecule has 1 aromatic rings. The van der Waals surface area contributed by atoms with Crippen molar-refractivity contribution < 1.29 is 0 Å². The topological polar surface area (TPSA) is 12.0 Å². The highest BCUT2D eigenvalue weighted by Gasteiger charge is 2.44. The normalized spacial score (nSPS) is 24.9. The Morgan fingerprint density at radius 3 is 2.25 bits per heavy atom. The van der Waals surface area contributed by atoms with Gasteiger partial charge in [-0.3, -0.25) is 0 Å². The van der Waals surface area contributed by atoms with Crippen molar-refractivity contribution in [3.05, 3.63) is 35.9 Å². The average molecular weight is 273 g/mol. The summed E-state index contributed by atoms with van der Waals surface area (Å²) in [7, 11) is 0. The fourth-order valence-electron chi connectivity index (χ4n) is 4.17. The van der Waals surface area contributed by atoms with E-state index in [1.807, 2.05) is 0 Å². The summed E-state index contributed by atoms with van der Waals surface area (Å²) < 4.78 is 0. The fourth-order valence-corrected chi connectivity index (χ4v) is 4.17.